The zero-order valence-corrected chi connectivity index (χ0v) is 21.4. The second-order valence-electron chi connectivity index (χ2n) is 9.94. The third-order valence-electron chi connectivity index (χ3n) is 6.33. The van der Waals surface area contributed by atoms with E-state index in [1.165, 1.54) is 13.8 Å². The summed E-state index contributed by atoms with van der Waals surface area (Å²) in [5, 5.41) is 10.3. The number of hydrogen-bond donors (Lipinski definition) is 4. The van der Waals surface area contributed by atoms with Gasteiger partial charge in [-0.3, -0.25) is 19.4 Å². The van der Waals surface area contributed by atoms with Gasteiger partial charge >= 0.3 is 6.03 Å². The fraction of sp³-hybridized carbons (Fsp3) is 0.444. The minimum Gasteiger partial charge on any atom is -0.344 e. The van der Waals surface area contributed by atoms with Crippen molar-refractivity contribution in [2.45, 2.75) is 76.0 Å². The fourth-order valence-corrected chi connectivity index (χ4v) is 4.06. The Kier molecular flexibility index (Phi) is 9.49. The van der Waals surface area contributed by atoms with Crippen LogP contribution in [0.1, 0.15) is 50.8 Å². The van der Waals surface area contributed by atoms with Crippen LogP contribution in [0.4, 0.5) is 13.6 Å². The van der Waals surface area contributed by atoms with Crippen LogP contribution in [0, 0.1) is 0 Å². The van der Waals surface area contributed by atoms with Crippen molar-refractivity contribution in [3.63, 3.8) is 0 Å². The molecule has 1 aromatic carbocycles. The van der Waals surface area contributed by atoms with E-state index in [4.69, 9.17) is 0 Å². The molecule has 0 saturated heterocycles. The van der Waals surface area contributed by atoms with Gasteiger partial charge in [-0.25, -0.2) is 13.6 Å². The standard InChI is InChI=1S/C27H33F2N5O4/c1-26(2,34-25(38)32-19-11-13-27(28,29)14-12-19)24(37)33-21(16-18-8-4-3-5-9-18)22(35)23(36)31-17-20-10-6-7-15-30-20/h3-10,15,19,21H,11-14,16-17H2,1-2H3,(H,31,36)(H,33,37)(H2,32,34,38)/t21-/m1/s1. The number of ketones is 1. The van der Waals surface area contributed by atoms with Gasteiger partial charge in [0, 0.05) is 31.5 Å². The lowest BCUT2D eigenvalue weighted by Gasteiger charge is -2.31. The molecule has 4 amide bonds. The summed E-state index contributed by atoms with van der Waals surface area (Å²) in [6, 6.07) is 11.8. The number of benzene rings is 1. The Morgan fingerprint density at radius 3 is 2.32 bits per heavy atom. The molecular weight excluding hydrogens is 496 g/mol. The molecule has 204 valence electrons. The Balaban J connectivity index is 1.63. The van der Waals surface area contributed by atoms with Gasteiger partial charge in [0.1, 0.15) is 11.6 Å². The quantitative estimate of drug-likeness (QED) is 0.352. The predicted molar refractivity (Wildman–Crippen MR) is 136 cm³/mol. The number of Topliss-reactive ketones (excluding diaryl/α,β-unsaturated/α-hetero) is 1. The number of carbonyl (C=O) groups is 4. The Hall–Kier alpha value is -3.89. The first-order valence-electron chi connectivity index (χ1n) is 12.5. The number of hydrogen-bond acceptors (Lipinski definition) is 5. The maximum Gasteiger partial charge on any atom is 0.315 e. The SMILES string of the molecule is CC(C)(NC(=O)NC1CCC(F)(F)CC1)C(=O)N[C@H](Cc1ccccc1)C(=O)C(=O)NCc1ccccn1. The number of rotatable bonds is 10. The molecule has 0 spiro atoms. The molecule has 38 heavy (non-hydrogen) atoms. The maximum absolute atomic E-state index is 13.4. The van der Waals surface area contributed by atoms with Gasteiger partial charge in [-0.2, -0.15) is 0 Å². The molecule has 1 saturated carbocycles. The molecule has 3 rings (SSSR count). The van der Waals surface area contributed by atoms with E-state index in [1.807, 2.05) is 0 Å². The van der Waals surface area contributed by atoms with E-state index in [0.29, 0.717) is 5.69 Å². The molecule has 0 radical (unpaired) electrons. The van der Waals surface area contributed by atoms with Gasteiger partial charge in [0.25, 0.3) is 5.91 Å². The molecule has 1 atom stereocenters. The van der Waals surface area contributed by atoms with Gasteiger partial charge in [-0.1, -0.05) is 36.4 Å². The van der Waals surface area contributed by atoms with Gasteiger partial charge in [-0.05, 0) is 44.4 Å². The highest BCUT2D eigenvalue weighted by molar-refractivity contribution is 6.38. The molecule has 0 bridgehead atoms. The van der Waals surface area contributed by atoms with Crippen LogP contribution in [0.25, 0.3) is 0 Å². The summed E-state index contributed by atoms with van der Waals surface area (Å²) < 4.78 is 26.8. The van der Waals surface area contributed by atoms with Gasteiger partial charge in [0.15, 0.2) is 0 Å². The lowest BCUT2D eigenvalue weighted by molar-refractivity contribution is -0.140. The summed E-state index contributed by atoms with van der Waals surface area (Å²) in [6.07, 6.45) is 1.26. The minimum absolute atomic E-state index is 0.0394. The molecule has 0 aliphatic heterocycles. The topological polar surface area (TPSA) is 129 Å². The average Bonchev–Trinajstić information content (AvgIpc) is 2.88. The van der Waals surface area contributed by atoms with Crippen LogP contribution in [0.3, 0.4) is 0 Å². The number of amides is 4. The second kappa shape index (κ2) is 12.6. The average molecular weight is 530 g/mol. The Morgan fingerprint density at radius 2 is 1.68 bits per heavy atom. The van der Waals surface area contributed by atoms with E-state index in [-0.39, 0.29) is 38.6 Å². The van der Waals surface area contributed by atoms with Crippen molar-refractivity contribution in [2.24, 2.45) is 0 Å². The van der Waals surface area contributed by atoms with Gasteiger partial charge in [-0.15, -0.1) is 0 Å². The molecule has 1 aromatic heterocycles. The van der Waals surface area contributed by atoms with Gasteiger partial charge in [0.2, 0.25) is 17.6 Å². The number of halogens is 2. The summed E-state index contributed by atoms with van der Waals surface area (Å²) in [5.74, 6) is -5.14. The number of nitrogens with zero attached hydrogens (tertiary/aromatic N) is 1. The first-order chi connectivity index (χ1) is 17.9. The Labute approximate surface area is 220 Å². The van der Waals surface area contributed by atoms with Crippen LogP contribution >= 0.6 is 0 Å². The highest BCUT2D eigenvalue weighted by Crippen LogP contribution is 2.32. The largest absolute Gasteiger partial charge is 0.344 e. The molecule has 1 aliphatic carbocycles. The molecule has 1 aliphatic rings. The highest BCUT2D eigenvalue weighted by atomic mass is 19.3. The van der Waals surface area contributed by atoms with Crippen LogP contribution in [0.2, 0.25) is 0 Å². The van der Waals surface area contributed by atoms with Gasteiger partial charge < -0.3 is 21.3 Å². The molecule has 4 N–H and O–H groups in total. The number of pyridine rings is 1. The van der Waals surface area contributed by atoms with E-state index in [2.05, 4.69) is 26.3 Å². The summed E-state index contributed by atoms with van der Waals surface area (Å²) in [7, 11) is 0. The number of nitrogens with one attached hydrogen (secondary N) is 4. The Bertz CT molecular complexity index is 1120. The molecule has 1 heterocycles. The molecule has 2 aromatic rings. The van der Waals surface area contributed by atoms with E-state index >= 15 is 0 Å². The monoisotopic (exact) mass is 529 g/mol. The summed E-state index contributed by atoms with van der Waals surface area (Å²) >= 11 is 0. The summed E-state index contributed by atoms with van der Waals surface area (Å²) in [6.45, 7) is 2.93. The molecule has 11 heteroatoms. The van der Waals surface area contributed by atoms with Crippen molar-refractivity contribution in [2.75, 3.05) is 0 Å². The molecular formula is C27H33F2N5O4. The second-order valence-corrected chi connectivity index (χ2v) is 9.94. The number of alkyl halides is 2. The van der Waals surface area contributed by atoms with Crippen molar-refractivity contribution in [3.8, 4) is 0 Å². The van der Waals surface area contributed by atoms with Crippen LogP contribution < -0.4 is 21.3 Å². The van der Waals surface area contributed by atoms with Crippen LogP contribution in [0.5, 0.6) is 0 Å². The summed E-state index contributed by atoms with van der Waals surface area (Å²) in [5.41, 5.74) is -0.181. The van der Waals surface area contributed by atoms with Crippen LogP contribution in [-0.2, 0) is 27.3 Å². The van der Waals surface area contributed by atoms with Gasteiger partial charge in [0.05, 0.1) is 12.2 Å². The van der Waals surface area contributed by atoms with Crippen molar-refractivity contribution in [1.82, 2.24) is 26.3 Å². The maximum atomic E-state index is 13.4. The molecule has 1 fully saturated rings. The van der Waals surface area contributed by atoms with Crippen molar-refractivity contribution >= 4 is 23.6 Å². The lowest BCUT2D eigenvalue weighted by Crippen LogP contribution is -2.61. The third kappa shape index (κ3) is 8.60. The fourth-order valence-electron chi connectivity index (χ4n) is 4.06. The predicted octanol–water partition coefficient (Wildman–Crippen LogP) is 2.65. The normalized spacial score (nSPS) is 16.1. The summed E-state index contributed by atoms with van der Waals surface area (Å²) in [4.78, 5) is 55.5. The molecule has 0 unspecified atom stereocenters. The van der Waals surface area contributed by atoms with E-state index in [1.54, 1.807) is 54.7 Å². The first-order valence-corrected chi connectivity index (χ1v) is 12.5. The van der Waals surface area contributed by atoms with E-state index < -0.39 is 47.2 Å². The lowest BCUT2D eigenvalue weighted by atomic mass is 9.92. The number of aromatic nitrogens is 1. The van der Waals surface area contributed by atoms with E-state index in [9.17, 15) is 28.0 Å². The molecule has 9 nitrogen and oxygen atoms in total. The van der Waals surface area contributed by atoms with Crippen LogP contribution in [0.15, 0.2) is 54.7 Å². The number of carbonyl (C=O) groups excluding carboxylic acids is 4. The van der Waals surface area contributed by atoms with Crippen molar-refractivity contribution < 1.29 is 28.0 Å². The number of urea groups is 1. The third-order valence-corrected chi connectivity index (χ3v) is 6.33. The highest BCUT2D eigenvalue weighted by Gasteiger charge is 2.37. The van der Waals surface area contributed by atoms with Crippen molar-refractivity contribution in [3.05, 3.63) is 66.0 Å². The Morgan fingerprint density at radius 1 is 1.03 bits per heavy atom. The zero-order chi connectivity index (χ0) is 27.8. The smallest absolute Gasteiger partial charge is 0.315 e. The van der Waals surface area contributed by atoms with E-state index in [0.717, 1.165) is 5.56 Å². The zero-order valence-electron chi connectivity index (χ0n) is 21.4. The van der Waals surface area contributed by atoms with Crippen molar-refractivity contribution in [1.29, 1.82) is 0 Å². The first kappa shape index (κ1) is 28.7. The van der Waals surface area contributed by atoms with Crippen LogP contribution in [-0.4, -0.2) is 52.2 Å². The minimum atomic E-state index is -2.72.